The number of nitrogens with zero attached hydrogens (tertiary/aromatic N) is 1. The normalized spacial score (nSPS) is 10.9. The van der Waals surface area contributed by atoms with Gasteiger partial charge in [-0.05, 0) is 0 Å². The lowest BCUT2D eigenvalue weighted by Crippen LogP contribution is -2.14. The van der Waals surface area contributed by atoms with E-state index in [1.165, 1.54) is 0 Å². The zero-order valence-corrected chi connectivity index (χ0v) is 4.40. The van der Waals surface area contributed by atoms with Crippen LogP contribution >= 0.6 is 0 Å². The smallest absolute Gasteiger partial charge is 0.314 e. The van der Waals surface area contributed by atoms with Crippen molar-refractivity contribution in [2.45, 2.75) is 6.36 Å². The fraction of sp³-hybridized carbons (Fsp3) is 0.750. The van der Waals surface area contributed by atoms with Crippen molar-refractivity contribution in [3.05, 3.63) is 11.4 Å². The van der Waals surface area contributed by atoms with Crippen molar-refractivity contribution < 1.29 is 17.9 Å². The molecule has 0 saturated carbocycles. The molecule has 0 N–H and O–H groups in total. The number of hydrogen-bond acceptors (Lipinski definition) is 1. The van der Waals surface area contributed by atoms with E-state index in [1.807, 2.05) is 0 Å². The van der Waals surface area contributed by atoms with Crippen molar-refractivity contribution in [1.29, 1.82) is 0 Å². The second-order valence-electron chi connectivity index (χ2n) is 1.18. The lowest BCUT2D eigenvalue weighted by atomic mass is 10.7. The summed E-state index contributed by atoms with van der Waals surface area (Å²) in [5, 5.41) is 0. The molecule has 0 spiro atoms. The van der Waals surface area contributed by atoms with Gasteiger partial charge in [0.25, 0.3) is 0 Å². The summed E-state index contributed by atoms with van der Waals surface area (Å²) in [6.07, 6.45) is -4.59. The molecular formula is C4H4F3NO. The van der Waals surface area contributed by atoms with Crippen LogP contribution in [0.5, 0.6) is 0 Å². The van der Waals surface area contributed by atoms with Crippen molar-refractivity contribution in [3.8, 4) is 0 Å². The van der Waals surface area contributed by atoms with E-state index < -0.39 is 13.0 Å². The Kier molecular flexibility index (Phi) is 3.02. The highest BCUT2D eigenvalue weighted by atomic mass is 19.4. The Labute approximate surface area is 50.0 Å². The van der Waals surface area contributed by atoms with Crippen LogP contribution in [0.2, 0.25) is 0 Å². The summed E-state index contributed by atoms with van der Waals surface area (Å²) in [5.74, 6) is 0. The first-order chi connectivity index (χ1) is 4.06. The summed E-state index contributed by atoms with van der Waals surface area (Å²) < 4.78 is 36.4. The Morgan fingerprint density at radius 1 is 1.44 bits per heavy atom. The molecule has 2 nitrogen and oxygen atoms in total. The van der Waals surface area contributed by atoms with Gasteiger partial charge in [0.1, 0.15) is 6.61 Å². The Bertz CT molecular complexity index is 114. The van der Waals surface area contributed by atoms with Gasteiger partial charge in [-0.3, -0.25) is 4.74 Å². The molecule has 0 aliphatic carbocycles. The molecule has 5 heteroatoms. The summed E-state index contributed by atoms with van der Waals surface area (Å²) in [6, 6.07) is 0. The summed E-state index contributed by atoms with van der Waals surface area (Å²) >= 11 is 0. The quantitative estimate of drug-likeness (QED) is 0.417. The van der Waals surface area contributed by atoms with Crippen LogP contribution in [0, 0.1) is 6.57 Å². The van der Waals surface area contributed by atoms with E-state index in [2.05, 4.69) is 9.58 Å². The molecule has 0 amide bonds. The summed E-state index contributed by atoms with van der Waals surface area (Å²) in [7, 11) is 0. The number of alkyl halides is 3. The van der Waals surface area contributed by atoms with Gasteiger partial charge in [0.2, 0.25) is 6.54 Å². The minimum atomic E-state index is -4.59. The SMILES string of the molecule is [C-]#[N+]CCOC(F)(F)F. The maximum absolute atomic E-state index is 11.1. The molecule has 0 saturated heterocycles. The molecule has 0 bridgehead atoms. The largest absolute Gasteiger partial charge is 0.522 e. The zero-order chi connectivity index (χ0) is 7.33. The van der Waals surface area contributed by atoms with Crippen LogP contribution in [0.15, 0.2) is 0 Å². The van der Waals surface area contributed by atoms with Gasteiger partial charge in [-0.1, -0.05) is 0 Å². The van der Waals surface area contributed by atoms with E-state index in [0.717, 1.165) is 0 Å². The van der Waals surface area contributed by atoms with E-state index in [1.54, 1.807) is 0 Å². The molecule has 0 rings (SSSR count). The van der Waals surface area contributed by atoms with Crippen molar-refractivity contribution in [1.82, 2.24) is 0 Å². The molecule has 0 heterocycles. The second kappa shape index (κ2) is 3.30. The second-order valence-corrected chi connectivity index (χ2v) is 1.18. The highest BCUT2D eigenvalue weighted by Gasteiger charge is 2.28. The van der Waals surface area contributed by atoms with Gasteiger partial charge >= 0.3 is 6.36 Å². The first-order valence-electron chi connectivity index (χ1n) is 2.10. The van der Waals surface area contributed by atoms with Gasteiger partial charge in [-0.25, -0.2) is 6.57 Å². The van der Waals surface area contributed by atoms with E-state index in [4.69, 9.17) is 6.57 Å². The standard InChI is InChI=1S/C4H4F3NO/c1-8-2-3-9-4(5,6)7/h2-3H2. The summed E-state index contributed by atoms with van der Waals surface area (Å²) in [5.41, 5.74) is 0. The van der Waals surface area contributed by atoms with E-state index in [9.17, 15) is 13.2 Å². The van der Waals surface area contributed by atoms with E-state index in [-0.39, 0.29) is 6.54 Å². The lowest BCUT2D eigenvalue weighted by molar-refractivity contribution is -0.322. The van der Waals surface area contributed by atoms with Gasteiger partial charge in [0.05, 0.1) is 0 Å². The number of rotatable bonds is 2. The maximum Gasteiger partial charge on any atom is 0.522 e. The van der Waals surface area contributed by atoms with Gasteiger partial charge in [0, 0.05) is 0 Å². The third-order valence-electron chi connectivity index (χ3n) is 0.469. The predicted octanol–water partition coefficient (Wildman–Crippen LogP) is 1.44. The molecule has 9 heavy (non-hydrogen) atoms. The molecule has 0 aromatic carbocycles. The van der Waals surface area contributed by atoms with Crippen molar-refractivity contribution >= 4 is 0 Å². The van der Waals surface area contributed by atoms with Crippen LogP contribution in [-0.2, 0) is 4.74 Å². The first-order valence-corrected chi connectivity index (χ1v) is 2.10. The zero-order valence-electron chi connectivity index (χ0n) is 4.40. The van der Waals surface area contributed by atoms with E-state index in [0.29, 0.717) is 0 Å². The Morgan fingerprint density at radius 2 is 2.00 bits per heavy atom. The van der Waals surface area contributed by atoms with Gasteiger partial charge < -0.3 is 4.85 Å². The fourth-order valence-electron chi connectivity index (χ4n) is 0.207. The molecule has 52 valence electrons. The topological polar surface area (TPSA) is 13.6 Å². The van der Waals surface area contributed by atoms with E-state index >= 15 is 0 Å². The molecule has 0 aromatic rings. The van der Waals surface area contributed by atoms with Crippen molar-refractivity contribution in [2.75, 3.05) is 13.2 Å². The number of ether oxygens (including phenoxy) is 1. The molecule has 0 radical (unpaired) electrons. The Balaban J connectivity index is 3.20. The third-order valence-corrected chi connectivity index (χ3v) is 0.469. The number of hydrogen-bond donors (Lipinski definition) is 0. The average Bonchev–Trinajstić information content (AvgIpc) is 1.63. The minimum Gasteiger partial charge on any atom is -0.314 e. The van der Waals surface area contributed by atoms with Gasteiger partial charge in [-0.15, -0.1) is 13.2 Å². The van der Waals surface area contributed by atoms with Crippen LogP contribution < -0.4 is 0 Å². The molecular weight excluding hydrogens is 135 g/mol. The first kappa shape index (κ1) is 8.24. The monoisotopic (exact) mass is 139 g/mol. The molecule has 0 unspecified atom stereocenters. The van der Waals surface area contributed by atoms with Gasteiger partial charge in [-0.2, -0.15) is 0 Å². The molecule has 0 aliphatic heterocycles. The Morgan fingerprint density at radius 3 is 2.33 bits per heavy atom. The third kappa shape index (κ3) is 7.24. The highest BCUT2D eigenvalue weighted by molar-refractivity contribution is 4.55. The van der Waals surface area contributed by atoms with Crippen LogP contribution in [0.25, 0.3) is 4.85 Å². The van der Waals surface area contributed by atoms with Gasteiger partial charge in [0.15, 0.2) is 0 Å². The van der Waals surface area contributed by atoms with Crippen LogP contribution in [-0.4, -0.2) is 19.5 Å². The average molecular weight is 139 g/mol. The fourth-order valence-corrected chi connectivity index (χ4v) is 0.207. The summed E-state index contributed by atoms with van der Waals surface area (Å²) in [4.78, 5) is 2.66. The molecule has 0 aromatic heterocycles. The van der Waals surface area contributed by atoms with Crippen LogP contribution in [0.4, 0.5) is 13.2 Å². The maximum atomic E-state index is 11.1. The highest BCUT2D eigenvalue weighted by Crippen LogP contribution is 2.15. The number of halogens is 3. The Hall–Kier alpha value is -0.760. The minimum absolute atomic E-state index is 0.250. The summed E-state index contributed by atoms with van der Waals surface area (Å²) in [6.45, 7) is 5.26. The molecule has 0 aliphatic rings. The molecule has 0 atom stereocenters. The lowest BCUT2D eigenvalue weighted by Gasteiger charge is -2.01. The van der Waals surface area contributed by atoms with Crippen molar-refractivity contribution in [2.24, 2.45) is 0 Å². The van der Waals surface area contributed by atoms with Crippen molar-refractivity contribution in [3.63, 3.8) is 0 Å². The molecule has 0 fully saturated rings. The van der Waals surface area contributed by atoms with Crippen LogP contribution in [0.3, 0.4) is 0 Å². The predicted molar refractivity (Wildman–Crippen MR) is 23.5 cm³/mol. The van der Waals surface area contributed by atoms with Crippen LogP contribution in [0.1, 0.15) is 0 Å².